The van der Waals surface area contributed by atoms with Gasteiger partial charge < -0.3 is 9.30 Å². The summed E-state index contributed by atoms with van der Waals surface area (Å²) in [6, 6.07) is 4.15. The summed E-state index contributed by atoms with van der Waals surface area (Å²) in [6.07, 6.45) is -3.59. The summed E-state index contributed by atoms with van der Waals surface area (Å²) >= 11 is 5.54. The van der Waals surface area contributed by atoms with E-state index in [2.05, 4.69) is 4.98 Å². The molecule has 0 spiro atoms. The molecule has 2 rings (SSSR count). The Morgan fingerprint density at radius 3 is 2.48 bits per heavy atom. The van der Waals surface area contributed by atoms with Gasteiger partial charge in [0, 0.05) is 23.9 Å². The van der Waals surface area contributed by atoms with Crippen molar-refractivity contribution in [3.05, 3.63) is 51.7 Å². The molecule has 0 amide bonds. The standard InChI is InChI=1S/C14H11ClF3N2O4P/c1-2-8-5-10(20(21)22)12(25(15)23)6-11(8)24-13-4-3-9(7-19-13)14(16,17)18/h3-7,25H,2H2,1H3. The predicted molar refractivity (Wildman–Crippen MR) is 86.3 cm³/mol. The van der Waals surface area contributed by atoms with Gasteiger partial charge in [0.15, 0.2) is 7.15 Å². The van der Waals surface area contributed by atoms with Crippen LogP contribution in [0.1, 0.15) is 18.1 Å². The Labute approximate surface area is 145 Å². The molecule has 0 bridgehead atoms. The van der Waals surface area contributed by atoms with Gasteiger partial charge in [-0.1, -0.05) is 18.2 Å². The Morgan fingerprint density at radius 2 is 2.04 bits per heavy atom. The first-order valence-electron chi connectivity index (χ1n) is 6.85. The highest BCUT2D eigenvalue weighted by atomic mass is 35.7. The van der Waals surface area contributed by atoms with Crippen molar-refractivity contribution in [2.24, 2.45) is 0 Å². The maximum Gasteiger partial charge on any atom is 0.417 e. The third kappa shape index (κ3) is 4.49. The minimum Gasteiger partial charge on any atom is -0.439 e. The van der Waals surface area contributed by atoms with Gasteiger partial charge >= 0.3 is 6.18 Å². The second-order valence-corrected chi connectivity index (χ2v) is 6.96. The van der Waals surface area contributed by atoms with Crippen LogP contribution in [0.2, 0.25) is 0 Å². The number of rotatable bonds is 5. The summed E-state index contributed by atoms with van der Waals surface area (Å²) in [4.78, 5) is 13.9. The van der Waals surface area contributed by atoms with Crippen molar-refractivity contribution < 1.29 is 27.4 Å². The second kappa shape index (κ2) is 7.41. The van der Waals surface area contributed by atoms with Gasteiger partial charge in [-0.25, -0.2) is 4.98 Å². The second-order valence-electron chi connectivity index (χ2n) is 4.85. The average molecular weight is 395 g/mol. The summed E-state index contributed by atoms with van der Waals surface area (Å²) in [5.74, 6) is -0.0499. The largest absolute Gasteiger partial charge is 0.439 e. The first kappa shape index (κ1) is 19.2. The molecule has 0 aliphatic carbocycles. The van der Waals surface area contributed by atoms with Crippen LogP contribution in [0.4, 0.5) is 18.9 Å². The first-order chi connectivity index (χ1) is 11.6. The van der Waals surface area contributed by atoms with Crippen molar-refractivity contribution in [3.63, 3.8) is 0 Å². The van der Waals surface area contributed by atoms with Gasteiger partial charge in [0.1, 0.15) is 11.1 Å². The number of hydrogen-bond acceptors (Lipinski definition) is 5. The summed E-state index contributed by atoms with van der Waals surface area (Å²) in [5, 5.41) is 10.9. The molecular weight excluding hydrogens is 384 g/mol. The minimum atomic E-state index is -4.53. The first-order valence-corrected chi connectivity index (χ1v) is 9.27. The van der Waals surface area contributed by atoms with E-state index < -0.39 is 29.5 Å². The average Bonchev–Trinajstić information content (AvgIpc) is 2.53. The molecule has 1 aromatic carbocycles. The number of ether oxygens (including phenoxy) is 1. The molecule has 0 radical (unpaired) electrons. The molecule has 11 heteroatoms. The molecule has 2 aromatic rings. The van der Waals surface area contributed by atoms with Crippen LogP contribution in [-0.2, 0) is 17.2 Å². The third-order valence-corrected chi connectivity index (χ3v) is 4.68. The smallest absolute Gasteiger partial charge is 0.417 e. The van der Waals surface area contributed by atoms with Crippen LogP contribution in [0.5, 0.6) is 11.6 Å². The van der Waals surface area contributed by atoms with Crippen molar-refractivity contribution in [3.8, 4) is 11.6 Å². The molecule has 25 heavy (non-hydrogen) atoms. The van der Waals surface area contributed by atoms with E-state index in [4.69, 9.17) is 16.0 Å². The Hall–Kier alpha value is -2.12. The number of aryl methyl sites for hydroxylation is 1. The minimum absolute atomic E-state index is 0.0920. The van der Waals surface area contributed by atoms with E-state index in [9.17, 15) is 27.9 Å². The summed E-state index contributed by atoms with van der Waals surface area (Å²) in [5.41, 5.74) is -0.939. The Kier molecular flexibility index (Phi) is 5.69. The molecule has 1 atom stereocenters. The maximum absolute atomic E-state index is 12.5. The zero-order valence-corrected chi connectivity index (χ0v) is 14.4. The van der Waals surface area contributed by atoms with Gasteiger partial charge in [-0.05, 0) is 18.6 Å². The number of nitro groups is 1. The van der Waals surface area contributed by atoms with E-state index in [0.29, 0.717) is 18.2 Å². The zero-order valence-electron chi connectivity index (χ0n) is 12.6. The number of alkyl halides is 3. The number of nitrogens with zero attached hydrogens (tertiary/aromatic N) is 2. The monoisotopic (exact) mass is 394 g/mol. The number of halogens is 4. The van der Waals surface area contributed by atoms with Crippen molar-refractivity contribution >= 4 is 29.4 Å². The number of aromatic nitrogens is 1. The van der Waals surface area contributed by atoms with Crippen molar-refractivity contribution in [2.45, 2.75) is 19.5 Å². The highest BCUT2D eigenvalue weighted by molar-refractivity contribution is 7.80. The van der Waals surface area contributed by atoms with E-state index in [1.807, 2.05) is 0 Å². The maximum atomic E-state index is 12.5. The molecule has 0 saturated carbocycles. The van der Waals surface area contributed by atoms with Crippen LogP contribution >= 0.6 is 18.4 Å². The van der Waals surface area contributed by atoms with Crippen molar-refractivity contribution in [1.82, 2.24) is 4.98 Å². The lowest BCUT2D eigenvalue weighted by atomic mass is 10.1. The Balaban J connectivity index is 2.43. The lowest BCUT2D eigenvalue weighted by Crippen LogP contribution is -2.08. The molecule has 0 N–H and O–H groups in total. The predicted octanol–water partition coefficient (Wildman–Crippen LogP) is 4.70. The molecule has 1 heterocycles. The van der Waals surface area contributed by atoms with Gasteiger partial charge in [-0.2, -0.15) is 13.2 Å². The third-order valence-electron chi connectivity index (χ3n) is 3.25. The molecule has 6 nitrogen and oxygen atoms in total. The molecule has 134 valence electrons. The van der Waals surface area contributed by atoms with E-state index in [-0.39, 0.29) is 16.9 Å². The number of hydrogen-bond donors (Lipinski definition) is 0. The van der Waals surface area contributed by atoms with Crippen LogP contribution in [0.25, 0.3) is 0 Å². The summed E-state index contributed by atoms with van der Waals surface area (Å²) in [7, 11) is -2.92. The SMILES string of the molecule is CCc1cc([N+](=O)[O-])c([PH](=O)Cl)cc1Oc1ccc(C(F)(F)F)cn1. The fourth-order valence-corrected chi connectivity index (χ4v) is 3.08. The molecule has 0 aliphatic heterocycles. The molecule has 0 fully saturated rings. The lowest BCUT2D eigenvalue weighted by Gasteiger charge is -2.12. The van der Waals surface area contributed by atoms with Gasteiger partial charge in [-0.15, -0.1) is 0 Å². The van der Waals surface area contributed by atoms with E-state index >= 15 is 0 Å². The highest BCUT2D eigenvalue weighted by Crippen LogP contribution is 2.36. The van der Waals surface area contributed by atoms with Crippen LogP contribution in [0, 0.1) is 10.1 Å². The van der Waals surface area contributed by atoms with Crippen molar-refractivity contribution in [1.29, 1.82) is 0 Å². The van der Waals surface area contributed by atoms with Crippen molar-refractivity contribution in [2.75, 3.05) is 0 Å². The Morgan fingerprint density at radius 1 is 1.36 bits per heavy atom. The number of nitro benzene ring substituents is 1. The van der Waals surface area contributed by atoms with Crippen LogP contribution in [0.15, 0.2) is 30.5 Å². The normalized spacial score (nSPS) is 12.7. The van der Waals surface area contributed by atoms with E-state index in [0.717, 1.165) is 18.2 Å². The zero-order chi connectivity index (χ0) is 18.8. The van der Waals surface area contributed by atoms with Crippen LogP contribution < -0.4 is 10.0 Å². The van der Waals surface area contributed by atoms with E-state index in [1.54, 1.807) is 6.92 Å². The van der Waals surface area contributed by atoms with E-state index in [1.165, 1.54) is 6.07 Å². The van der Waals surface area contributed by atoms with Gasteiger partial charge in [0.2, 0.25) is 5.88 Å². The summed E-state index contributed by atoms with van der Waals surface area (Å²) < 4.78 is 54.6. The number of pyridine rings is 1. The van der Waals surface area contributed by atoms with Gasteiger partial charge in [0.05, 0.1) is 10.5 Å². The fraction of sp³-hybridized carbons (Fsp3) is 0.214. The molecular formula is C14H11ClF3N2O4P. The molecule has 1 unspecified atom stereocenters. The Bertz CT molecular complexity index is 828. The summed E-state index contributed by atoms with van der Waals surface area (Å²) in [6.45, 7) is 1.70. The van der Waals surface area contributed by atoms with Gasteiger partial charge in [0.25, 0.3) is 5.69 Å². The van der Waals surface area contributed by atoms with Crippen LogP contribution in [-0.4, -0.2) is 9.91 Å². The van der Waals surface area contributed by atoms with Gasteiger partial charge in [-0.3, -0.25) is 10.1 Å². The fourth-order valence-electron chi connectivity index (χ4n) is 2.01. The van der Waals surface area contributed by atoms with Crippen LogP contribution in [0.3, 0.4) is 0 Å². The molecule has 0 saturated heterocycles. The number of benzene rings is 1. The molecule has 1 aromatic heterocycles. The lowest BCUT2D eigenvalue weighted by molar-refractivity contribution is -0.383. The highest BCUT2D eigenvalue weighted by Gasteiger charge is 2.31. The quantitative estimate of drug-likeness (QED) is 0.417. The topological polar surface area (TPSA) is 82.3 Å². The molecule has 0 aliphatic rings.